The Labute approximate surface area is 136 Å². The van der Waals surface area contributed by atoms with Crippen LogP contribution in [0.4, 0.5) is 15.8 Å². The predicted octanol–water partition coefficient (Wildman–Crippen LogP) is 3.09. The van der Waals surface area contributed by atoms with Crippen molar-refractivity contribution in [1.29, 1.82) is 0 Å². The summed E-state index contributed by atoms with van der Waals surface area (Å²) in [5.41, 5.74) is 0.472. The Balaban J connectivity index is 2.09. The highest BCUT2D eigenvalue weighted by Gasteiger charge is 2.30. The van der Waals surface area contributed by atoms with Crippen LogP contribution in [0.5, 0.6) is 5.75 Å². The Morgan fingerprint density at radius 3 is 2.87 bits per heavy atom. The van der Waals surface area contributed by atoms with E-state index >= 15 is 0 Å². The molecule has 0 saturated heterocycles. The molecule has 118 valence electrons. The fraction of sp³-hybridized carbons (Fsp3) is 0.125. The fourth-order valence-corrected chi connectivity index (χ4v) is 2.62. The van der Waals surface area contributed by atoms with E-state index in [1.807, 2.05) is 0 Å². The molecule has 0 atom stereocenters. The number of halogens is 2. The van der Waals surface area contributed by atoms with E-state index in [1.54, 1.807) is 18.2 Å². The van der Waals surface area contributed by atoms with E-state index in [9.17, 15) is 14.0 Å². The molecule has 2 aromatic carbocycles. The highest BCUT2D eigenvalue weighted by molar-refractivity contribution is 6.31. The predicted molar refractivity (Wildman–Crippen MR) is 84.7 cm³/mol. The zero-order valence-corrected chi connectivity index (χ0v) is 12.9. The standard InChI is InChI=1S/C16H12ClFN2O3/c1-23-13-6-5-9(17)7-10(13)16(22)20-8-14(21)19-15-11(18)3-2-4-12(15)20/h2-7H,8H2,1H3,(H,19,21). The molecule has 23 heavy (non-hydrogen) atoms. The second kappa shape index (κ2) is 5.89. The third-order valence-corrected chi connectivity index (χ3v) is 3.72. The van der Waals surface area contributed by atoms with Crippen molar-refractivity contribution in [3.05, 3.63) is 52.8 Å². The van der Waals surface area contributed by atoms with Crippen LogP contribution in [-0.4, -0.2) is 25.5 Å². The summed E-state index contributed by atoms with van der Waals surface area (Å²) in [4.78, 5) is 25.9. The quantitative estimate of drug-likeness (QED) is 0.918. The smallest absolute Gasteiger partial charge is 0.262 e. The van der Waals surface area contributed by atoms with Gasteiger partial charge in [0.15, 0.2) is 0 Å². The molecule has 0 aliphatic carbocycles. The van der Waals surface area contributed by atoms with Gasteiger partial charge in [0.1, 0.15) is 23.8 Å². The molecule has 0 bridgehead atoms. The first-order chi connectivity index (χ1) is 11.0. The molecule has 0 radical (unpaired) electrons. The lowest BCUT2D eigenvalue weighted by molar-refractivity contribution is -0.115. The van der Waals surface area contributed by atoms with Gasteiger partial charge in [-0.25, -0.2) is 4.39 Å². The van der Waals surface area contributed by atoms with Gasteiger partial charge in [-0.3, -0.25) is 14.5 Å². The average molecular weight is 335 g/mol. The van der Waals surface area contributed by atoms with E-state index < -0.39 is 17.6 Å². The number of nitrogens with one attached hydrogen (secondary N) is 1. The van der Waals surface area contributed by atoms with Crippen LogP contribution in [0.25, 0.3) is 0 Å². The van der Waals surface area contributed by atoms with Gasteiger partial charge in [-0.15, -0.1) is 0 Å². The molecule has 3 rings (SSSR count). The van der Waals surface area contributed by atoms with Gasteiger partial charge < -0.3 is 10.1 Å². The van der Waals surface area contributed by atoms with Crippen LogP contribution in [0.2, 0.25) is 5.02 Å². The molecule has 2 amide bonds. The number of hydrogen-bond acceptors (Lipinski definition) is 3. The molecular formula is C16H12ClFN2O3. The summed E-state index contributed by atoms with van der Waals surface area (Å²) in [6, 6.07) is 8.86. The lowest BCUT2D eigenvalue weighted by atomic mass is 10.1. The molecule has 1 heterocycles. The van der Waals surface area contributed by atoms with Crippen molar-refractivity contribution in [1.82, 2.24) is 0 Å². The molecule has 1 aliphatic rings. The number of para-hydroxylation sites is 1. The summed E-state index contributed by atoms with van der Waals surface area (Å²) < 4.78 is 19.1. The van der Waals surface area contributed by atoms with Gasteiger partial charge in [-0.05, 0) is 30.3 Å². The fourth-order valence-electron chi connectivity index (χ4n) is 2.44. The van der Waals surface area contributed by atoms with Crippen LogP contribution < -0.4 is 15.0 Å². The van der Waals surface area contributed by atoms with Gasteiger partial charge in [0.05, 0.1) is 18.4 Å². The Hall–Kier alpha value is -2.60. The van der Waals surface area contributed by atoms with E-state index in [1.165, 1.54) is 30.2 Å². The van der Waals surface area contributed by atoms with Crippen LogP contribution >= 0.6 is 11.6 Å². The van der Waals surface area contributed by atoms with E-state index in [0.717, 1.165) is 0 Å². The summed E-state index contributed by atoms with van der Waals surface area (Å²) in [5.74, 6) is -1.25. The number of fused-ring (bicyclic) bond motifs is 1. The molecule has 5 nitrogen and oxygen atoms in total. The number of ether oxygens (including phenoxy) is 1. The second-order valence-corrected chi connectivity index (χ2v) is 5.35. The third kappa shape index (κ3) is 2.73. The van der Waals surface area contributed by atoms with Gasteiger partial charge in [-0.2, -0.15) is 0 Å². The summed E-state index contributed by atoms with van der Waals surface area (Å²) in [7, 11) is 1.43. The van der Waals surface area contributed by atoms with Gasteiger partial charge in [-0.1, -0.05) is 17.7 Å². The molecule has 1 aliphatic heterocycles. The van der Waals surface area contributed by atoms with Crippen molar-refractivity contribution in [2.45, 2.75) is 0 Å². The summed E-state index contributed by atoms with van der Waals surface area (Å²) in [6.07, 6.45) is 0. The van der Waals surface area contributed by atoms with Crippen molar-refractivity contribution in [2.24, 2.45) is 0 Å². The first-order valence-electron chi connectivity index (χ1n) is 6.75. The number of benzene rings is 2. The van der Waals surface area contributed by atoms with Crippen LogP contribution in [0, 0.1) is 5.82 Å². The number of anilines is 2. The van der Waals surface area contributed by atoms with Crippen molar-refractivity contribution >= 4 is 34.8 Å². The molecule has 0 saturated carbocycles. The lowest BCUT2D eigenvalue weighted by Crippen LogP contribution is -2.42. The minimum Gasteiger partial charge on any atom is -0.496 e. The summed E-state index contributed by atoms with van der Waals surface area (Å²) in [6.45, 7) is -0.217. The SMILES string of the molecule is COc1ccc(Cl)cc1C(=O)N1CC(=O)Nc2c(F)cccc21. The van der Waals surface area contributed by atoms with Crippen LogP contribution in [-0.2, 0) is 4.79 Å². The summed E-state index contributed by atoms with van der Waals surface area (Å²) in [5, 5.41) is 2.80. The number of carbonyl (C=O) groups excluding carboxylic acids is 2. The molecule has 0 unspecified atom stereocenters. The first kappa shape index (κ1) is 15.3. The maximum atomic E-state index is 13.9. The molecule has 0 spiro atoms. The Bertz CT molecular complexity index is 810. The Morgan fingerprint density at radius 1 is 1.35 bits per heavy atom. The van der Waals surface area contributed by atoms with Crippen LogP contribution in [0.1, 0.15) is 10.4 Å². The van der Waals surface area contributed by atoms with Crippen LogP contribution in [0.3, 0.4) is 0 Å². The minimum atomic E-state index is -0.605. The zero-order chi connectivity index (χ0) is 16.6. The molecule has 1 N–H and O–H groups in total. The number of methoxy groups -OCH3 is 1. The lowest BCUT2D eigenvalue weighted by Gasteiger charge is -2.29. The van der Waals surface area contributed by atoms with Gasteiger partial charge >= 0.3 is 0 Å². The normalized spacial score (nSPS) is 13.3. The van der Waals surface area contributed by atoms with E-state index in [4.69, 9.17) is 16.3 Å². The number of amides is 2. The number of nitrogens with zero attached hydrogens (tertiary/aromatic N) is 1. The van der Waals surface area contributed by atoms with Crippen molar-refractivity contribution in [2.75, 3.05) is 23.9 Å². The maximum Gasteiger partial charge on any atom is 0.262 e. The molecule has 0 fully saturated rings. The van der Waals surface area contributed by atoms with E-state index in [0.29, 0.717) is 10.8 Å². The van der Waals surface area contributed by atoms with Gasteiger partial charge in [0.2, 0.25) is 5.91 Å². The largest absolute Gasteiger partial charge is 0.496 e. The van der Waals surface area contributed by atoms with Crippen molar-refractivity contribution in [3.63, 3.8) is 0 Å². The second-order valence-electron chi connectivity index (χ2n) is 4.92. The highest BCUT2D eigenvalue weighted by Crippen LogP contribution is 2.34. The number of carbonyl (C=O) groups is 2. The monoisotopic (exact) mass is 334 g/mol. The molecule has 7 heteroatoms. The van der Waals surface area contributed by atoms with E-state index in [-0.39, 0.29) is 23.5 Å². The number of rotatable bonds is 2. The molecule has 0 aromatic heterocycles. The van der Waals surface area contributed by atoms with Gasteiger partial charge in [0.25, 0.3) is 5.91 Å². The zero-order valence-electron chi connectivity index (χ0n) is 12.1. The topological polar surface area (TPSA) is 58.6 Å². The maximum absolute atomic E-state index is 13.9. The van der Waals surface area contributed by atoms with Gasteiger partial charge in [0, 0.05) is 5.02 Å². The Kier molecular flexibility index (Phi) is 3.92. The number of hydrogen-bond donors (Lipinski definition) is 1. The van der Waals surface area contributed by atoms with E-state index in [2.05, 4.69) is 5.32 Å². The molecule has 2 aromatic rings. The molecular weight excluding hydrogens is 323 g/mol. The Morgan fingerprint density at radius 2 is 2.13 bits per heavy atom. The van der Waals surface area contributed by atoms with Crippen molar-refractivity contribution < 1.29 is 18.7 Å². The average Bonchev–Trinajstić information content (AvgIpc) is 2.54. The summed E-state index contributed by atoms with van der Waals surface area (Å²) >= 11 is 5.95. The third-order valence-electron chi connectivity index (χ3n) is 3.49. The van der Waals surface area contributed by atoms with Crippen molar-refractivity contribution in [3.8, 4) is 5.75 Å². The highest BCUT2D eigenvalue weighted by atomic mass is 35.5. The van der Waals surface area contributed by atoms with Crippen LogP contribution in [0.15, 0.2) is 36.4 Å². The minimum absolute atomic E-state index is 0.0157. The first-order valence-corrected chi connectivity index (χ1v) is 7.13.